The molecule has 1 amide bonds. The number of carbonyl (C=O) groups is 1. The summed E-state index contributed by atoms with van der Waals surface area (Å²) in [7, 11) is 0. The van der Waals surface area contributed by atoms with E-state index >= 15 is 0 Å². The van der Waals surface area contributed by atoms with Crippen LogP contribution in [-0.4, -0.2) is 5.91 Å². The lowest BCUT2D eigenvalue weighted by molar-refractivity contribution is -0.137. The highest BCUT2D eigenvalue weighted by atomic mass is 19.4. The first-order valence-corrected chi connectivity index (χ1v) is 6.16. The number of alkyl halides is 3. The monoisotopic (exact) mass is 294 g/mol. The average Bonchev–Trinajstić information content (AvgIpc) is 2.37. The number of hydrogen-bond acceptors (Lipinski definition) is 2. The van der Waals surface area contributed by atoms with E-state index in [4.69, 9.17) is 5.73 Å². The minimum atomic E-state index is -4.38. The molecular weight excluding hydrogens is 281 g/mol. The molecule has 3 nitrogen and oxygen atoms in total. The molecule has 0 saturated heterocycles. The largest absolute Gasteiger partial charge is 0.416 e. The van der Waals surface area contributed by atoms with E-state index in [-0.39, 0.29) is 6.42 Å². The summed E-state index contributed by atoms with van der Waals surface area (Å²) in [4.78, 5) is 10.9. The van der Waals surface area contributed by atoms with Crippen molar-refractivity contribution in [2.45, 2.75) is 12.6 Å². The summed E-state index contributed by atoms with van der Waals surface area (Å²) in [6.45, 7) is 0. The lowest BCUT2D eigenvalue weighted by Gasteiger charge is -2.11. The Balaban J connectivity index is 2.20. The molecule has 0 aromatic heterocycles. The van der Waals surface area contributed by atoms with Gasteiger partial charge in [0.05, 0.1) is 12.0 Å². The van der Waals surface area contributed by atoms with Crippen molar-refractivity contribution in [1.29, 1.82) is 0 Å². The molecule has 0 heterocycles. The third-order valence-corrected chi connectivity index (χ3v) is 2.78. The van der Waals surface area contributed by atoms with Gasteiger partial charge in [-0.25, -0.2) is 0 Å². The van der Waals surface area contributed by atoms with Crippen LogP contribution in [0.2, 0.25) is 0 Å². The number of halogens is 3. The number of hydrogen-bond donors (Lipinski definition) is 2. The molecule has 21 heavy (non-hydrogen) atoms. The van der Waals surface area contributed by atoms with Crippen LogP contribution in [0.5, 0.6) is 0 Å². The summed E-state index contributed by atoms with van der Waals surface area (Å²) in [5, 5.41) is 2.88. The minimum absolute atomic E-state index is 0.0815. The summed E-state index contributed by atoms with van der Waals surface area (Å²) in [6.07, 6.45) is -4.30. The maximum absolute atomic E-state index is 12.6. The van der Waals surface area contributed by atoms with E-state index in [0.717, 1.165) is 12.1 Å². The van der Waals surface area contributed by atoms with E-state index in [9.17, 15) is 18.0 Å². The van der Waals surface area contributed by atoms with Gasteiger partial charge >= 0.3 is 6.18 Å². The fourth-order valence-corrected chi connectivity index (χ4v) is 1.90. The van der Waals surface area contributed by atoms with E-state index in [1.807, 2.05) is 0 Å². The first-order valence-electron chi connectivity index (χ1n) is 6.16. The third kappa shape index (κ3) is 4.24. The van der Waals surface area contributed by atoms with Crippen LogP contribution in [0.25, 0.3) is 0 Å². The first-order chi connectivity index (χ1) is 9.84. The molecule has 2 aromatic carbocycles. The van der Waals surface area contributed by atoms with Crippen LogP contribution in [-0.2, 0) is 17.4 Å². The summed E-state index contributed by atoms with van der Waals surface area (Å²) < 4.78 is 37.9. The number of carbonyl (C=O) groups excluding carboxylic acids is 1. The number of primary amides is 1. The molecule has 0 aliphatic heterocycles. The van der Waals surface area contributed by atoms with Crippen LogP contribution in [0.1, 0.15) is 11.1 Å². The maximum Gasteiger partial charge on any atom is 0.416 e. The van der Waals surface area contributed by atoms with Crippen molar-refractivity contribution in [3.8, 4) is 0 Å². The second-order valence-electron chi connectivity index (χ2n) is 4.55. The van der Waals surface area contributed by atoms with Gasteiger partial charge < -0.3 is 11.1 Å². The fraction of sp³-hybridized carbons (Fsp3) is 0.133. The highest BCUT2D eigenvalue weighted by Gasteiger charge is 2.30. The zero-order valence-corrected chi connectivity index (χ0v) is 10.9. The van der Waals surface area contributed by atoms with Crippen molar-refractivity contribution in [2.24, 2.45) is 5.73 Å². The first kappa shape index (κ1) is 14.9. The molecule has 2 aromatic rings. The molecule has 0 aliphatic carbocycles. The topological polar surface area (TPSA) is 55.1 Å². The summed E-state index contributed by atoms with van der Waals surface area (Å²) in [5.41, 5.74) is 5.99. The lowest BCUT2D eigenvalue weighted by Crippen LogP contribution is -2.13. The van der Waals surface area contributed by atoms with Gasteiger partial charge in [0.1, 0.15) is 0 Å². The van der Waals surface area contributed by atoms with Crippen LogP contribution in [0.3, 0.4) is 0 Å². The fourth-order valence-electron chi connectivity index (χ4n) is 1.90. The second kappa shape index (κ2) is 5.87. The Labute approximate surface area is 119 Å². The van der Waals surface area contributed by atoms with Crippen LogP contribution >= 0.6 is 0 Å². The number of amides is 1. The van der Waals surface area contributed by atoms with Crippen LogP contribution < -0.4 is 11.1 Å². The molecular formula is C15H13F3N2O. The molecule has 0 radical (unpaired) electrons. The molecule has 0 spiro atoms. The lowest BCUT2D eigenvalue weighted by atomic mass is 10.1. The van der Waals surface area contributed by atoms with Gasteiger partial charge in [0.15, 0.2) is 0 Å². The Hall–Kier alpha value is -2.50. The second-order valence-corrected chi connectivity index (χ2v) is 4.55. The SMILES string of the molecule is NC(=O)Cc1cccc(Nc2cccc(C(F)(F)F)c2)c1. The van der Waals surface area contributed by atoms with Gasteiger partial charge in [-0.15, -0.1) is 0 Å². The molecule has 0 saturated carbocycles. The summed E-state index contributed by atoms with van der Waals surface area (Å²) in [6, 6.07) is 11.7. The molecule has 3 N–H and O–H groups in total. The van der Waals surface area contributed by atoms with E-state index in [1.54, 1.807) is 24.3 Å². The van der Waals surface area contributed by atoms with Crippen LogP contribution in [0, 0.1) is 0 Å². The van der Waals surface area contributed by atoms with Crippen molar-refractivity contribution in [3.05, 3.63) is 59.7 Å². The van der Waals surface area contributed by atoms with Crippen molar-refractivity contribution in [1.82, 2.24) is 0 Å². The number of nitrogens with one attached hydrogen (secondary N) is 1. The molecule has 2 rings (SSSR count). The zero-order valence-electron chi connectivity index (χ0n) is 10.9. The number of rotatable bonds is 4. The van der Waals surface area contributed by atoms with Crippen LogP contribution in [0.15, 0.2) is 48.5 Å². The van der Waals surface area contributed by atoms with Crippen molar-refractivity contribution < 1.29 is 18.0 Å². The Morgan fingerprint density at radius 1 is 1.05 bits per heavy atom. The third-order valence-electron chi connectivity index (χ3n) is 2.78. The highest BCUT2D eigenvalue weighted by Crippen LogP contribution is 2.31. The smallest absolute Gasteiger partial charge is 0.369 e. The quantitative estimate of drug-likeness (QED) is 0.907. The zero-order chi connectivity index (χ0) is 15.5. The average molecular weight is 294 g/mol. The van der Waals surface area contributed by atoms with E-state index in [1.165, 1.54) is 12.1 Å². The number of nitrogens with two attached hydrogens (primary N) is 1. The Morgan fingerprint density at radius 3 is 2.29 bits per heavy atom. The highest BCUT2D eigenvalue weighted by molar-refractivity contribution is 5.77. The normalized spacial score (nSPS) is 11.2. The minimum Gasteiger partial charge on any atom is -0.369 e. The molecule has 110 valence electrons. The van der Waals surface area contributed by atoms with Gasteiger partial charge in [0, 0.05) is 11.4 Å². The Kier molecular flexibility index (Phi) is 4.16. The molecule has 6 heteroatoms. The van der Waals surface area contributed by atoms with E-state index in [2.05, 4.69) is 5.32 Å². The van der Waals surface area contributed by atoms with Gasteiger partial charge in [-0.1, -0.05) is 18.2 Å². The van der Waals surface area contributed by atoms with E-state index < -0.39 is 17.6 Å². The van der Waals surface area contributed by atoms with Crippen molar-refractivity contribution in [2.75, 3.05) is 5.32 Å². The van der Waals surface area contributed by atoms with E-state index in [0.29, 0.717) is 16.9 Å². The van der Waals surface area contributed by atoms with Crippen molar-refractivity contribution >= 4 is 17.3 Å². The van der Waals surface area contributed by atoms with Gasteiger partial charge in [0.2, 0.25) is 5.91 Å². The van der Waals surface area contributed by atoms with Gasteiger partial charge in [-0.05, 0) is 35.9 Å². The predicted octanol–water partition coefficient (Wildman–Crippen LogP) is 3.48. The molecule has 0 unspecified atom stereocenters. The Bertz CT molecular complexity index is 653. The number of benzene rings is 2. The summed E-state index contributed by atoms with van der Waals surface area (Å²) >= 11 is 0. The van der Waals surface area contributed by atoms with Gasteiger partial charge in [-0.3, -0.25) is 4.79 Å². The van der Waals surface area contributed by atoms with Crippen LogP contribution in [0.4, 0.5) is 24.5 Å². The predicted molar refractivity (Wildman–Crippen MR) is 74.1 cm³/mol. The molecule has 0 atom stereocenters. The molecule has 0 fully saturated rings. The summed E-state index contributed by atoms with van der Waals surface area (Å²) in [5.74, 6) is -0.466. The van der Waals surface area contributed by atoms with Gasteiger partial charge in [-0.2, -0.15) is 13.2 Å². The number of anilines is 2. The Morgan fingerprint density at radius 2 is 1.67 bits per heavy atom. The van der Waals surface area contributed by atoms with Gasteiger partial charge in [0.25, 0.3) is 0 Å². The molecule has 0 bridgehead atoms. The molecule has 0 aliphatic rings. The van der Waals surface area contributed by atoms with Crippen molar-refractivity contribution in [3.63, 3.8) is 0 Å². The standard InChI is InChI=1S/C15H13F3N2O/c16-15(17,18)11-4-2-6-13(9-11)20-12-5-1-3-10(7-12)8-14(19)21/h1-7,9,20H,8H2,(H2,19,21). The maximum atomic E-state index is 12.6.